The number of amides is 1. The number of fused-ring (bicyclic) bond motifs is 1. The Hall–Kier alpha value is -3.80. The van der Waals surface area contributed by atoms with E-state index in [2.05, 4.69) is 10.3 Å². The third-order valence-electron chi connectivity index (χ3n) is 4.85. The Morgan fingerprint density at radius 1 is 0.848 bits per heavy atom. The summed E-state index contributed by atoms with van der Waals surface area (Å²) in [6.45, 7) is 0. The molecule has 0 aliphatic rings. The van der Waals surface area contributed by atoms with E-state index in [1.165, 1.54) is 6.08 Å². The third kappa shape index (κ3) is 4.85. The molecule has 0 unspecified atom stereocenters. The first-order chi connectivity index (χ1) is 16.0. The number of benzene rings is 3. The van der Waals surface area contributed by atoms with Gasteiger partial charge in [0.25, 0.3) is 0 Å². The van der Waals surface area contributed by atoms with Crippen LogP contribution in [-0.4, -0.2) is 10.9 Å². The molecule has 0 atom stereocenters. The molecular weight excluding hydrogens is 459 g/mol. The summed E-state index contributed by atoms with van der Waals surface area (Å²) >= 11 is 12.1. The lowest BCUT2D eigenvalue weighted by Gasteiger charge is -2.01. The average molecular weight is 475 g/mol. The number of oxazole rings is 1. The number of halogens is 2. The molecule has 0 fully saturated rings. The summed E-state index contributed by atoms with van der Waals surface area (Å²) < 4.78 is 11.6. The number of carbonyl (C=O) groups is 1. The van der Waals surface area contributed by atoms with Crippen molar-refractivity contribution in [1.29, 1.82) is 0 Å². The number of anilines is 1. The summed E-state index contributed by atoms with van der Waals surface area (Å²) in [7, 11) is 0. The predicted octanol–water partition coefficient (Wildman–Crippen LogP) is 7.71. The van der Waals surface area contributed by atoms with Crippen molar-refractivity contribution >= 4 is 52.0 Å². The summed E-state index contributed by atoms with van der Waals surface area (Å²) in [4.78, 5) is 16.9. The van der Waals surface area contributed by atoms with Crippen LogP contribution in [0.1, 0.15) is 5.76 Å². The summed E-state index contributed by atoms with van der Waals surface area (Å²) in [6, 6.07) is 23.7. The fourth-order valence-corrected chi connectivity index (χ4v) is 3.87. The second kappa shape index (κ2) is 8.98. The number of furan rings is 1. The van der Waals surface area contributed by atoms with Crippen LogP contribution in [0.25, 0.3) is 40.0 Å². The molecule has 162 valence electrons. The van der Waals surface area contributed by atoms with Gasteiger partial charge in [0, 0.05) is 32.9 Å². The van der Waals surface area contributed by atoms with Crippen LogP contribution in [0, 0.1) is 0 Å². The van der Waals surface area contributed by atoms with E-state index in [-0.39, 0.29) is 5.91 Å². The largest absolute Gasteiger partial charge is 0.457 e. The van der Waals surface area contributed by atoms with Crippen molar-refractivity contribution in [3.63, 3.8) is 0 Å². The van der Waals surface area contributed by atoms with Gasteiger partial charge in [-0.3, -0.25) is 4.79 Å². The third-order valence-corrected chi connectivity index (χ3v) is 5.29. The summed E-state index contributed by atoms with van der Waals surface area (Å²) in [5.41, 5.74) is 3.56. The van der Waals surface area contributed by atoms with Crippen LogP contribution in [0.5, 0.6) is 0 Å². The lowest BCUT2D eigenvalue weighted by atomic mass is 10.2. The highest BCUT2D eigenvalue weighted by Crippen LogP contribution is 2.29. The highest BCUT2D eigenvalue weighted by atomic mass is 35.5. The second-order valence-corrected chi connectivity index (χ2v) is 8.12. The van der Waals surface area contributed by atoms with Crippen LogP contribution in [-0.2, 0) is 4.79 Å². The first-order valence-electron chi connectivity index (χ1n) is 10.0. The molecule has 2 aromatic heterocycles. The molecule has 0 spiro atoms. The number of hydrogen-bond donors (Lipinski definition) is 1. The van der Waals surface area contributed by atoms with Crippen LogP contribution >= 0.6 is 23.2 Å². The van der Waals surface area contributed by atoms with Crippen LogP contribution in [0.15, 0.2) is 93.8 Å². The Labute approximate surface area is 199 Å². The molecule has 3 aromatic carbocycles. The SMILES string of the molecule is O=C(/C=C/c1ccc(-c2cc(Cl)cc(Cl)c2)o1)Nc1ccc2oc(-c3ccccc3)nc2c1. The van der Waals surface area contributed by atoms with Crippen molar-refractivity contribution in [2.75, 3.05) is 5.32 Å². The first-order valence-corrected chi connectivity index (χ1v) is 10.8. The van der Waals surface area contributed by atoms with Gasteiger partial charge in [0.15, 0.2) is 5.58 Å². The topological polar surface area (TPSA) is 68.3 Å². The van der Waals surface area contributed by atoms with E-state index in [9.17, 15) is 4.79 Å². The van der Waals surface area contributed by atoms with Gasteiger partial charge in [-0.1, -0.05) is 41.4 Å². The summed E-state index contributed by atoms with van der Waals surface area (Å²) in [5, 5.41) is 3.86. The van der Waals surface area contributed by atoms with Crippen molar-refractivity contribution in [1.82, 2.24) is 4.98 Å². The van der Waals surface area contributed by atoms with Crippen LogP contribution in [0.2, 0.25) is 10.0 Å². The second-order valence-electron chi connectivity index (χ2n) is 7.25. The van der Waals surface area contributed by atoms with Gasteiger partial charge in [-0.25, -0.2) is 4.98 Å². The first kappa shape index (κ1) is 21.1. The van der Waals surface area contributed by atoms with E-state index in [1.54, 1.807) is 54.6 Å². The molecule has 7 heteroatoms. The molecule has 0 saturated heterocycles. The fraction of sp³-hybridized carbons (Fsp3) is 0. The zero-order valence-electron chi connectivity index (χ0n) is 17.1. The maximum absolute atomic E-state index is 12.4. The number of carbonyl (C=O) groups excluding carboxylic acids is 1. The number of nitrogens with one attached hydrogen (secondary N) is 1. The van der Waals surface area contributed by atoms with E-state index in [0.717, 1.165) is 11.1 Å². The Kier molecular flexibility index (Phi) is 5.73. The van der Waals surface area contributed by atoms with E-state index < -0.39 is 0 Å². The van der Waals surface area contributed by atoms with Gasteiger partial charge in [-0.15, -0.1) is 0 Å². The maximum Gasteiger partial charge on any atom is 0.248 e. The molecular formula is C26H16Cl2N2O3. The highest BCUT2D eigenvalue weighted by molar-refractivity contribution is 6.35. The zero-order chi connectivity index (χ0) is 22.8. The molecule has 33 heavy (non-hydrogen) atoms. The highest BCUT2D eigenvalue weighted by Gasteiger charge is 2.10. The summed E-state index contributed by atoms with van der Waals surface area (Å²) in [6.07, 6.45) is 2.99. The minimum Gasteiger partial charge on any atom is -0.457 e. The van der Waals surface area contributed by atoms with Gasteiger partial charge in [-0.2, -0.15) is 0 Å². The van der Waals surface area contributed by atoms with Gasteiger partial charge >= 0.3 is 0 Å². The van der Waals surface area contributed by atoms with Gasteiger partial charge in [0.1, 0.15) is 17.0 Å². The van der Waals surface area contributed by atoms with Gasteiger partial charge < -0.3 is 14.2 Å². The van der Waals surface area contributed by atoms with Crippen molar-refractivity contribution < 1.29 is 13.6 Å². The van der Waals surface area contributed by atoms with E-state index in [1.807, 2.05) is 30.3 Å². The van der Waals surface area contributed by atoms with E-state index >= 15 is 0 Å². The van der Waals surface area contributed by atoms with Crippen LogP contribution in [0.3, 0.4) is 0 Å². The Morgan fingerprint density at radius 2 is 1.64 bits per heavy atom. The average Bonchev–Trinajstić information content (AvgIpc) is 3.45. The minimum absolute atomic E-state index is 0.301. The number of nitrogens with zero attached hydrogens (tertiary/aromatic N) is 1. The predicted molar refractivity (Wildman–Crippen MR) is 131 cm³/mol. The molecule has 2 heterocycles. The Balaban J connectivity index is 1.28. The standard InChI is InChI=1S/C26H16Cl2N2O3/c27-18-12-17(13-19(28)14-18)23-10-7-21(32-23)8-11-25(31)29-20-6-9-24-22(15-20)30-26(33-24)16-4-2-1-3-5-16/h1-15H,(H,29,31)/b11-8+. The molecule has 5 aromatic rings. The number of rotatable bonds is 5. The van der Waals surface area contributed by atoms with Gasteiger partial charge in [0.2, 0.25) is 11.8 Å². The molecule has 0 aliphatic heterocycles. The van der Waals surface area contributed by atoms with Crippen molar-refractivity contribution in [2.24, 2.45) is 0 Å². The number of aromatic nitrogens is 1. The van der Waals surface area contributed by atoms with Gasteiger partial charge in [-0.05, 0) is 66.7 Å². The normalized spacial score (nSPS) is 11.3. The molecule has 5 rings (SSSR count). The smallest absolute Gasteiger partial charge is 0.248 e. The van der Waals surface area contributed by atoms with Crippen molar-refractivity contribution in [2.45, 2.75) is 0 Å². The fourth-order valence-electron chi connectivity index (χ4n) is 3.34. The molecule has 1 N–H and O–H groups in total. The lowest BCUT2D eigenvalue weighted by Crippen LogP contribution is -2.07. The molecule has 5 nitrogen and oxygen atoms in total. The maximum atomic E-state index is 12.4. The van der Waals surface area contributed by atoms with E-state index in [4.69, 9.17) is 32.0 Å². The van der Waals surface area contributed by atoms with Crippen molar-refractivity contribution in [3.8, 4) is 22.8 Å². The van der Waals surface area contributed by atoms with Crippen LogP contribution in [0.4, 0.5) is 5.69 Å². The Bertz CT molecular complexity index is 1470. The monoisotopic (exact) mass is 474 g/mol. The van der Waals surface area contributed by atoms with Crippen molar-refractivity contribution in [3.05, 3.63) is 101 Å². The van der Waals surface area contributed by atoms with E-state index in [0.29, 0.717) is 44.2 Å². The zero-order valence-corrected chi connectivity index (χ0v) is 18.6. The van der Waals surface area contributed by atoms with Crippen LogP contribution < -0.4 is 5.32 Å². The minimum atomic E-state index is -0.301. The molecule has 0 saturated carbocycles. The lowest BCUT2D eigenvalue weighted by molar-refractivity contribution is -0.111. The quantitative estimate of drug-likeness (QED) is 0.264. The molecule has 0 aliphatic carbocycles. The van der Waals surface area contributed by atoms with Gasteiger partial charge in [0.05, 0.1) is 0 Å². The number of hydrogen-bond acceptors (Lipinski definition) is 4. The Morgan fingerprint density at radius 3 is 2.42 bits per heavy atom. The summed E-state index contributed by atoms with van der Waals surface area (Å²) in [5.74, 6) is 1.36. The molecule has 0 bridgehead atoms. The molecule has 0 radical (unpaired) electrons. The molecule has 1 amide bonds.